The van der Waals surface area contributed by atoms with Gasteiger partial charge in [-0.15, -0.1) is 0 Å². The molecule has 3 rings (SSSR count). The number of nitrogens with two attached hydrogens (primary N) is 2. The van der Waals surface area contributed by atoms with Crippen molar-refractivity contribution >= 4 is 35.5 Å². The first-order valence-electron chi connectivity index (χ1n) is 11.5. The monoisotopic (exact) mass is 514 g/mol. The van der Waals surface area contributed by atoms with Crippen molar-refractivity contribution in [3.8, 4) is 5.75 Å². The Morgan fingerprint density at radius 1 is 1.11 bits per heavy atom. The van der Waals surface area contributed by atoms with Gasteiger partial charge in [0.15, 0.2) is 17.5 Å². The van der Waals surface area contributed by atoms with Gasteiger partial charge in [0.05, 0.1) is 17.7 Å². The highest BCUT2D eigenvalue weighted by Crippen LogP contribution is 2.32. The lowest BCUT2D eigenvalue weighted by Crippen LogP contribution is -2.42. The third kappa shape index (κ3) is 7.26. The molecular formula is C25H27FN4O7. The second kappa shape index (κ2) is 12.0. The quantitative estimate of drug-likeness (QED) is 0.151. The normalized spacial score (nSPS) is 13.8. The SMILES string of the molecule is NC(N)=Nc1ccc2c(c1)CCCCc1c(CCC(=O)N[C@@H](CC(=O)O)C(=O)O)ccc(F)c1OC2=O. The van der Waals surface area contributed by atoms with Crippen molar-refractivity contribution in [3.05, 3.63) is 58.4 Å². The van der Waals surface area contributed by atoms with Gasteiger partial charge in [-0.1, -0.05) is 6.07 Å². The maximum atomic E-state index is 14.8. The number of amides is 1. The molecule has 0 bridgehead atoms. The van der Waals surface area contributed by atoms with E-state index in [1.165, 1.54) is 12.1 Å². The third-order valence-corrected chi connectivity index (χ3v) is 5.83. The molecule has 1 amide bonds. The van der Waals surface area contributed by atoms with Gasteiger partial charge in [0, 0.05) is 12.0 Å². The Hall–Kier alpha value is -4.48. The van der Waals surface area contributed by atoms with Gasteiger partial charge in [0.25, 0.3) is 0 Å². The minimum absolute atomic E-state index is 0.101. The fourth-order valence-corrected chi connectivity index (χ4v) is 4.12. The Morgan fingerprint density at radius 3 is 2.51 bits per heavy atom. The smallest absolute Gasteiger partial charge is 0.343 e. The molecule has 37 heavy (non-hydrogen) atoms. The van der Waals surface area contributed by atoms with Gasteiger partial charge in [-0.25, -0.2) is 19.0 Å². The topological polar surface area (TPSA) is 194 Å². The van der Waals surface area contributed by atoms with Gasteiger partial charge in [0.1, 0.15) is 6.04 Å². The highest BCUT2D eigenvalue weighted by Gasteiger charge is 2.25. The number of fused-ring (bicyclic) bond motifs is 2. The van der Waals surface area contributed by atoms with Crippen molar-refractivity contribution in [3.63, 3.8) is 0 Å². The molecule has 11 nitrogen and oxygen atoms in total. The zero-order valence-electron chi connectivity index (χ0n) is 19.8. The minimum atomic E-state index is -1.57. The molecule has 0 fully saturated rings. The van der Waals surface area contributed by atoms with E-state index in [2.05, 4.69) is 10.3 Å². The number of carbonyl (C=O) groups is 4. The predicted octanol–water partition coefficient (Wildman–Crippen LogP) is 1.81. The maximum absolute atomic E-state index is 14.8. The van der Waals surface area contributed by atoms with Crippen LogP contribution >= 0.6 is 0 Å². The van der Waals surface area contributed by atoms with E-state index in [1.54, 1.807) is 12.1 Å². The van der Waals surface area contributed by atoms with Crippen LogP contribution in [0.3, 0.4) is 0 Å². The van der Waals surface area contributed by atoms with E-state index in [9.17, 15) is 23.6 Å². The van der Waals surface area contributed by atoms with Crippen LogP contribution in [0.15, 0.2) is 35.3 Å². The summed E-state index contributed by atoms with van der Waals surface area (Å²) in [6, 6.07) is 5.80. The lowest BCUT2D eigenvalue weighted by atomic mass is 9.94. The molecule has 2 aromatic carbocycles. The van der Waals surface area contributed by atoms with Crippen molar-refractivity contribution in [1.29, 1.82) is 0 Å². The third-order valence-electron chi connectivity index (χ3n) is 5.83. The van der Waals surface area contributed by atoms with Gasteiger partial charge < -0.3 is 31.7 Å². The molecule has 0 saturated carbocycles. The lowest BCUT2D eigenvalue weighted by Gasteiger charge is -2.19. The zero-order chi connectivity index (χ0) is 27.1. The van der Waals surface area contributed by atoms with Crippen molar-refractivity contribution < 1.29 is 38.5 Å². The number of carboxylic acids is 2. The molecule has 0 aliphatic carbocycles. The molecule has 0 aromatic heterocycles. The van der Waals surface area contributed by atoms with E-state index in [-0.39, 0.29) is 30.1 Å². The molecule has 0 radical (unpaired) electrons. The molecule has 1 aliphatic heterocycles. The summed E-state index contributed by atoms with van der Waals surface area (Å²) in [5, 5.41) is 20.1. The molecule has 0 spiro atoms. The van der Waals surface area contributed by atoms with Gasteiger partial charge in [-0.2, -0.15) is 0 Å². The average molecular weight is 515 g/mol. The van der Waals surface area contributed by atoms with Crippen LogP contribution in [0, 0.1) is 5.82 Å². The van der Waals surface area contributed by atoms with E-state index in [0.717, 1.165) is 6.07 Å². The van der Waals surface area contributed by atoms with Gasteiger partial charge in [-0.3, -0.25) is 9.59 Å². The molecule has 12 heteroatoms. The van der Waals surface area contributed by atoms with E-state index in [1.807, 2.05) is 0 Å². The first-order valence-corrected chi connectivity index (χ1v) is 11.5. The van der Waals surface area contributed by atoms with Crippen molar-refractivity contribution in [2.24, 2.45) is 16.5 Å². The van der Waals surface area contributed by atoms with Crippen molar-refractivity contribution in [1.82, 2.24) is 5.32 Å². The summed E-state index contributed by atoms with van der Waals surface area (Å²) in [6.07, 6.45) is 1.35. The van der Waals surface area contributed by atoms with Crippen molar-refractivity contribution in [2.75, 3.05) is 0 Å². The van der Waals surface area contributed by atoms with Crippen molar-refractivity contribution in [2.45, 2.75) is 51.0 Å². The van der Waals surface area contributed by atoms with Gasteiger partial charge in [-0.05, 0) is 67.5 Å². The van der Waals surface area contributed by atoms with E-state index in [0.29, 0.717) is 48.1 Å². The van der Waals surface area contributed by atoms with Crippen LogP contribution in [0.2, 0.25) is 0 Å². The van der Waals surface area contributed by atoms with Gasteiger partial charge >= 0.3 is 17.9 Å². The average Bonchev–Trinajstić information content (AvgIpc) is 2.81. The number of nitrogens with one attached hydrogen (secondary N) is 1. The molecule has 1 heterocycles. The number of rotatable bonds is 8. The molecule has 7 N–H and O–H groups in total. The fourth-order valence-electron chi connectivity index (χ4n) is 4.12. The lowest BCUT2D eigenvalue weighted by molar-refractivity contribution is -0.147. The predicted molar refractivity (Wildman–Crippen MR) is 130 cm³/mol. The summed E-state index contributed by atoms with van der Waals surface area (Å²) < 4.78 is 20.3. The van der Waals surface area contributed by atoms with Crippen LogP contribution in [-0.2, 0) is 33.6 Å². The molecule has 1 aliphatic rings. The van der Waals surface area contributed by atoms with Crippen LogP contribution in [0.25, 0.3) is 0 Å². The fraction of sp³-hybridized carbons (Fsp3) is 0.320. The number of aliphatic imine (C=N–C) groups is 1. The van der Waals surface area contributed by atoms with Crippen LogP contribution in [0.5, 0.6) is 5.75 Å². The number of carboxylic acid groups (broad SMARTS) is 2. The number of hydrogen-bond donors (Lipinski definition) is 5. The van der Waals surface area contributed by atoms with E-state index >= 15 is 0 Å². The Morgan fingerprint density at radius 2 is 1.84 bits per heavy atom. The number of guanidine groups is 1. The highest BCUT2D eigenvalue weighted by molar-refractivity contribution is 5.93. The first-order chi connectivity index (χ1) is 17.5. The molecule has 0 saturated heterocycles. The first kappa shape index (κ1) is 27.1. The largest absolute Gasteiger partial charge is 0.481 e. The summed E-state index contributed by atoms with van der Waals surface area (Å²) >= 11 is 0. The van der Waals surface area contributed by atoms with Gasteiger partial charge in [0.2, 0.25) is 5.91 Å². The number of ether oxygens (including phenoxy) is 1. The Labute approximate surface area is 211 Å². The van der Waals surface area contributed by atoms with Crippen LogP contribution in [-0.4, -0.2) is 46.0 Å². The second-order valence-corrected chi connectivity index (χ2v) is 8.55. The van der Waals surface area contributed by atoms with Crippen LogP contribution < -0.4 is 21.5 Å². The summed E-state index contributed by atoms with van der Waals surface area (Å²) in [5.41, 5.74) is 13.3. The number of benzene rings is 2. The number of hydrogen-bond acceptors (Lipinski definition) is 6. The number of carbonyl (C=O) groups excluding carboxylic acids is 2. The molecule has 0 unspecified atom stereocenters. The maximum Gasteiger partial charge on any atom is 0.343 e. The Balaban J connectivity index is 1.83. The standard InChI is InChI=1S/C25H27FN4O7/c26-18-9-5-13(6-10-20(31)30-19(23(34)35)12-21(32)33)16-4-2-1-3-14-11-15(29-25(27)28)7-8-17(14)24(36)37-22(16)18/h5,7-9,11,19H,1-4,6,10,12H2,(H,30,31)(H,32,33)(H,34,35)(H4,27,28,29)/t19-/m0/s1. The summed E-state index contributed by atoms with van der Waals surface area (Å²) in [7, 11) is 0. The van der Waals surface area contributed by atoms with E-state index < -0.39 is 42.1 Å². The summed E-state index contributed by atoms with van der Waals surface area (Å²) in [4.78, 5) is 51.3. The number of aryl methyl sites for hydroxylation is 2. The number of halogens is 1. The number of esters is 1. The molecule has 196 valence electrons. The van der Waals surface area contributed by atoms with Crippen LogP contribution in [0.4, 0.5) is 10.1 Å². The van der Waals surface area contributed by atoms with E-state index in [4.69, 9.17) is 26.4 Å². The molecular weight excluding hydrogens is 487 g/mol. The highest BCUT2D eigenvalue weighted by atomic mass is 19.1. The summed E-state index contributed by atoms with van der Waals surface area (Å²) in [6.45, 7) is 0. The second-order valence-electron chi connectivity index (χ2n) is 8.55. The summed E-state index contributed by atoms with van der Waals surface area (Å²) in [5.74, 6) is -5.33. The Kier molecular flexibility index (Phi) is 8.77. The zero-order valence-corrected chi connectivity index (χ0v) is 19.8. The number of aliphatic carboxylic acids is 2. The minimum Gasteiger partial charge on any atom is -0.481 e. The molecule has 1 atom stereocenters. The number of nitrogens with zero attached hydrogens (tertiary/aromatic N) is 1. The Bertz CT molecular complexity index is 1260. The van der Waals surface area contributed by atoms with Crippen LogP contribution in [0.1, 0.15) is 52.7 Å². The molecule has 2 aromatic rings.